The summed E-state index contributed by atoms with van der Waals surface area (Å²) >= 11 is 0. The van der Waals surface area contributed by atoms with E-state index in [1.54, 1.807) is 0 Å². The predicted molar refractivity (Wildman–Crippen MR) is 86.1 cm³/mol. The molecule has 6 heteroatoms. The van der Waals surface area contributed by atoms with Crippen LogP contribution in [-0.2, 0) is 19.9 Å². The molecule has 1 N–H and O–H groups in total. The second-order valence-corrected chi connectivity index (χ2v) is 7.20. The molecule has 2 unspecified atom stereocenters. The molecule has 0 radical (unpaired) electrons. The van der Waals surface area contributed by atoms with Crippen LogP contribution in [0.25, 0.3) is 0 Å². The molecule has 2 aliphatic heterocycles. The molecular formula is C17H24N2O4. The monoisotopic (exact) mass is 320 g/mol. The van der Waals surface area contributed by atoms with E-state index in [4.69, 9.17) is 14.3 Å². The first-order valence-electron chi connectivity index (χ1n) is 7.85. The van der Waals surface area contributed by atoms with Crippen molar-refractivity contribution in [1.29, 1.82) is 0 Å². The minimum atomic E-state index is -0.701. The highest BCUT2D eigenvalue weighted by molar-refractivity contribution is 5.67. The molecule has 0 bridgehead atoms. The van der Waals surface area contributed by atoms with Crippen LogP contribution >= 0.6 is 0 Å². The van der Waals surface area contributed by atoms with Crippen LogP contribution in [0.5, 0.6) is 0 Å². The summed E-state index contributed by atoms with van der Waals surface area (Å²) in [6.07, 6.45) is -0.177. The Hall–Kier alpha value is -1.79. The summed E-state index contributed by atoms with van der Waals surface area (Å²) in [4.78, 5) is 19.9. The van der Waals surface area contributed by atoms with Gasteiger partial charge >= 0.3 is 6.09 Å². The van der Waals surface area contributed by atoms with Gasteiger partial charge in [-0.25, -0.2) is 4.79 Å². The molecule has 3 rings (SSSR count). The molecule has 126 valence electrons. The normalized spacial score (nSPS) is 26.0. The molecule has 1 amide bonds. The second kappa shape index (κ2) is 5.39. The van der Waals surface area contributed by atoms with Gasteiger partial charge < -0.3 is 14.4 Å². The van der Waals surface area contributed by atoms with Crippen molar-refractivity contribution < 1.29 is 19.1 Å². The number of carbonyl (C=O) groups is 1. The van der Waals surface area contributed by atoms with E-state index < -0.39 is 17.3 Å². The fourth-order valence-corrected chi connectivity index (χ4v) is 3.28. The minimum absolute atomic E-state index is 0.255. The van der Waals surface area contributed by atoms with Crippen LogP contribution in [0.1, 0.15) is 38.3 Å². The summed E-state index contributed by atoms with van der Waals surface area (Å²) in [5, 5.41) is 0. The van der Waals surface area contributed by atoms with E-state index in [0.29, 0.717) is 13.0 Å². The zero-order valence-electron chi connectivity index (χ0n) is 14.3. The van der Waals surface area contributed by atoms with Crippen molar-refractivity contribution in [3.05, 3.63) is 29.3 Å². The number of nitrogens with zero attached hydrogens (tertiary/aromatic N) is 1. The molecule has 1 saturated heterocycles. The van der Waals surface area contributed by atoms with Gasteiger partial charge in [0.05, 0.1) is 6.61 Å². The lowest BCUT2D eigenvalue weighted by Gasteiger charge is -2.30. The Bertz CT molecular complexity index is 626. The summed E-state index contributed by atoms with van der Waals surface area (Å²) in [6.45, 7) is 8.06. The fourth-order valence-electron chi connectivity index (χ4n) is 3.28. The number of carbonyl (C=O) groups excluding carboxylic acids is 1. The number of anilines is 1. The molecule has 2 aliphatic rings. The van der Waals surface area contributed by atoms with Crippen molar-refractivity contribution in [2.75, 3.05) is 18.6 Å². The Balaban J connectivity index is 1.85. The fraction of sp³-hybridized carbons (Fsp3) is 0.588. The van der Waals surface area contributed by atoms with E-state index in [9.17, 15) is 4.79 Å². The lowest BCUT2D eigenvalue weighted by Crippen LogP contribution is -2.46. The lowest BCUT2D eigenvalue weighted by molar-refractivity contribution is -0.133. The van der Waals surface area contributed by atoms with Crippen LogP contribution in [0.15, 0.2) is 18.2 Å². The van der Waals surface area contributed by atoms with Crippen LogP contribution in [0.3, 0.4) is 0 Å². The van der Waals surface area contributed by atoms with Crippen LogP contribution in [0.4, 0.5) is 10.5 Å². The SMILES string of the molecule is Cc1ccc2c(c1)C1(ONC(=O)OC(C)(C)C)CCOC1N2C. The highest BCUT2D eigenvalue weighted by Gasteiger charge is 2.56. The topological polar surface area (TPSA) is 60.0 Å². The standard InChI is InChI=1S/C17H24N2O4/c1-11-6-7-13-12(10-11)17(8-9-21-14(17)19(13)5)23-18-15(20)22-16(2,3)4/h6-7,10,14H,8-9H2,1-5H3,(H,18,20). The van der Waals surface area contributed by atoms with Gasteiger partial charge in [0.1, 0.15) is 5.60 Å². The molecule has 23 heavy (non-hydrogen) atoms. The summed E-state index contributed by atoms with van der Waals surface area (Å²) in [5.41, 5.74) is 4.43. The number of hydrogen-bond donors (Lipinski definition) is 1. The van der Waals surface area contributed by atoms with E-state index in [-0.39, 0.29) is 6.23 Å². The van der Waals surface area contributed by atoms with Gasteiger partial charge in [-0.2, -0.15) is 5.48 Å². The van der Waals surface area contributed by atoms with E-state index in [1.165, 1.54) is 0 Å². The first-order valence-corrected chi connectivity index (χ1v) is 7.85. The Labute approximate surface area is 136 Å². The number of likely N-dealkylation sites (N-methyl/N-ethyl adjacent to an activating group) is 1. The van der Waals surface area contributed by atoms with Gasteiger partial charge in [0.2, 0.25) is 0 Å². The average molecular weight is 320 g/mol. The zero-order valence-corrected chi connectivity index (χ0v) is 14.3. The molecular weight excluding hydrogens is 296 g/mol. The quantitative estimate of drug-likeness (QED) is 0.849. The Kier molecular flexibility index (Phi) is 3.77. The molecule has 1 aromatic carbocycles. The molecule has 0 aliphatic carbocycles. The summed E-state index contributed by atoms with van der Waals surface area (Å²) < 4.78 is 11.1. The summed E-state index contributed by atoms with van der Waals surface area (Å²) in [5.74, 6) is 0. The van der Waals surface area contributed by atoms with Crippen molar-refractivity contribution in [3.63, 3.8) is 0 Å². The number of ether oxygens (including phenoxy) is 2. The van der Waals surface area contributed by atoms with E-state index >= 15 is 0 Å². The van der Waals surface area contributed by atoms with Crippen molar-refractivity contribution in [3.8, 4) is 0 Å². The maximum absolute atomic E-state index is 11.9. The first-order chi connectivity index (χ1) is 10.7. The van der Waals surface area contributed by atoms with E-state index in [0.717, 1.165) is 16.8 Å². The van der Waals surface area contributed by atoms with E-state index in [1.807, 2.05) is 34.7 Å². The highest BCUT2D eigenvalue weighted by atomic mass is 16.7. The smallest absolute Gasteiger partial charge is 0.431 e. The van der Waals surface area contributed by atoms with Crippen molar-refractivity contribution in [2.45, 2.75) is 51.5 Å². The number of nitrogens with one attached hydrogen (secondary N) is 1. The maximum Gasteiger partial charge on any atom is 0.431 e. The Morgan fingerprint density at radius 2 is 2.17 bits per heavy atom. The third kappa shape index (κ3) is 2.77. The Morgan fingerprint density at radius 1 is 1.43 bits per heavy atom. The van der Waals surface area contributed by atoms with Gasteiger partial charge in [-0.15, -0.1) is 0 Å². The zero-order chi connectivity index (χ0) is 16.8. The van der Waals surface area contributed by atoms with Gasteiger partial charge in [-0.05, 0) is 33.8 Å². The van der Waals surface area contributed by atoms with Gasteiger partial charge in [0.25, 0.3) is 0 Å². The van der Waals surface area contributed by atoms with Gasteiger partial charge in [0, 0.05) is 24.7 Å². The molecule has 0 aromatic heterocycles. The number of benzene rings is 1. The highest BCUT2D eigenvalue weighted by Crippen LogP contribution is 2.51. The maximum atomic E-state index is 11.9. The molecule has 1 aromatic rings. The number of hydroxylamine groups is 1. The number of amides is 1. The number of hydrogen-bond acceptors (Lipinski definition) is 5. The molecule has 2 heterocycles. The van der Waals surface area contributed by atoms with Crippen LogP contribution in [0.2, 0.25) is 0 Å². The van der Waals surface area contributed by atoms with Gasteiger partial charge in [-0.1, -0.05) is 17.7 Å². The van der Waals surface area contributed by atoms with Crippen LogP contribution in [0, 0.1) is 6.92 Å². The van der Waals surface area contributed by atoms with Crippen LogP contribution in [-0.4, -0.2) is 31.6 Å². The predicted octanol–water partition coefficient (Wildman–Crippen LogP) is 2.84. The van der Waals surface area contributed by atoms with Crippen molar-refractivity contribution in [2.24, 2.45) is 0 Å². The molecule has 2 atom stereocenters. The minimum Gasteiger partial charge on any atom is -0.442 e. The van der Waals surface area contributed by atoms with Gasteiger partial charge in [0.15, 0.2) is 11.8 Å². The summed E-state index contributed by atoms with van der Waals surface area (Å²) in [6, 6.07) is 6.22. The largest absolute Gasteiger partial charge is 0.442 e. The molecule has 6 nitrogen and oxygen atoms in total. The molecule has 1 fully saturated rings. The van der Waals surface area contributed by atoms with Gasteiger partial charge in [-0.3, -0.25) is 4.84 Å². The second-order valence-electron chi connectivity index (χ2n) is 7.20. The number of aryl methyl sites for hydroxylation is 1. The number of fused-ring (bicyclic) bond motifs is 3. The van der Waals surface area contributed by atoms with Crippen LogP contribution < -0.4 is 10.4 Å². The third-order valence-corrected chi connectivity index (χ3v) is 4.20. The number of rotatable bonds is 2. The molecule has 0 spiro atoms. The first kappa shape index (κ1) is 16.1. The van der Waals surface area contributed by atoms with Crippen molar-refractivity contribution in [1.82, 2.24) is 5.48 Å². The Morgan fingerprint density at radius 3 is 2.87 bits per heavy atom. The summed E-state index contributed by atoms with van der Waals surface area (Å²) in [7, 11) is 1.97. The average Bonchev–Trinajstić information content (AvgIpc) is 2.95. The molecule has 0 saturated carbocycles. The lowest BCUT2D eigenvalue weighted by atomic mass is 9.92. The van der Waals surface area contributed by atoms with E-state index in [2.05, 4.69) is 28.6 Å². The third-order valence-electron chi connectivity index (χ3n) is 4.20. The van der Waals surface area contributed by atoms with Crippen molar-refractivity contribution >= 4 is 11.8 Å².